The molecule has 0 aliphatic rings. The van der Waals surface area contributed by atoms with Gasteiger partial charge in [-0.15, -0.1) is 0 Å². The maximum atomic E-state index is 10.0. The summed E-state index contributed by atoms with van der Waals surface area (Å²) < 4.78 is 0. The minimum absolute atomic E-state index is 0.146. The van der Waals surface area contributed by atoms with Gasteiger partial charge in [-0.2, -0.15) is 0 Å². The van der Waals surface area contributed by atoms with Crippen molar-refractivity contribution >= 4 is 0 Å². The van der Waals surface area contributed by atoms with E-state index in [-0.39, 0.29) is 11.8 Å². The molecule has 0 unspecified atom stereocenters. The van der Waals surface area contributed by atoms with Gasteiger partial charge in [0.15, 0.2) is 0 Å². The molecule has 0 heterocycles. The molecule has 84 valence electrons. The number of aliphatic hydroxyl groups is 2. The van der Waals surface area contributed by atoms with E-state index in [1.807, 2.05) is 51.1 Å². The Bertz CT molecular complexity index is 282. The molecule has 1 rings (SSSR count). The molecular weight excluding hydrogens is 188 g/mol. The molecule has 0 radical (unpaired) electrons. The lowest BCUT2D eigenvalue weighted by Crippen LogP contribution is -2.28. The highest BCUT2D eigenvalue weighted by Crippen LogP contribution is 2.27. The van der Waals surface area contributed by atoms with Crippen LogP contribution in [0.25, 0.3) is 0 Å². The van der Waals surface area contributed by atoms with Crippen molar-refractivity contribution in [3.05, 3.63) is 35.9 Å². The summed E-state index contributed by atoms with van der Waals surface area (Å²) in [7, 11) is 0. The molecule has 1 aromatic carbocycles. The van der Waals surface area contributed by atoms with Gasteiger partial charge in [0.25, 0.3) is 0 Å². The van der Waals surface area contributed by atoms with Crippen molar-refractivity contribution in [2.24, 2.45) is 11.8 Å². The second-order valence-electron chi connectivity index (χ2n) is 4.45. The van der Waals surface area contributed by atoms with E-state index in [1.54, 1.807) is 0 Å². The number of benzene rings is 1. The monoisotopic (exact) mass is 208 g/mol. The standard InChI is InChI=1S/C13H20O2/c1-9(2)12(14)10(3)13(15)11-7-5-4-6-8-11/h4-10,12-15H,1-3H3/t10-,12-,13-/m0/s1. The Labute approximate surface area is 91.6 Å². The van der Waals surface area contributed by atoms with Crippen molar-refractivity contribution in [1.29, 1.82) is 0 Å². The zero-order valence-electron chi connectivity index (χ0n) is 9.59. The van der Waals surface area contributed by atoms with E-state index in [0.29, 0.717) is 0 Å². The fourth-order valence-corrected chi connectivity index (χ4v) is 1.75. The van der Waals surface area contributed by atoms with Crippen LogP contribution in [-0.4, -0.2) is 16.3 Å². The van der Waals surface area contributed by atoms with E-state index in [1.165, 1.54) is 0 Å². The van der Waals surface area contributed by atoms with E-state index in [4.69, 9.17) is 0 Å². The van der Waals surface area contributed by atoms with Crippen LogP contribution in [0.3, 0.4) is 0 Å². The zero-order valence-corrected chi connectivity index (χ0v) is 9.59. The largest absolute Gasteiger partial charge is 0.392 e. The van der Waals surface area contributed by atoms with Gasteiger partial charge in [0.1, 0.15) is 0 Å². The molecule has 0 aromatic heterocycles. The molecule has 0 saturated heterocycles. The molecule has 3 atom stereocenters. The molecule has 2 nitrogen and oxygen atoms in total. The summed E-state index contributed by atoms with van der Waals surface area (Å²) in [4.78, 5) is 0. The molecule has 0 amide bonds. The molecule has 0 bridgehead atoms. The van der Waals surface area contributed by atoms with E-state index in [9.17, 15) is 10.2 Å². The van der Waals surface area contributed by atoms with Crippen molar-refractivity contribution in [2.75, 3.05) is 0 Å². The Kier molecular flexibility index (Phi) is 4.30. The Hall–Kier alpha value is -0.860. The van der Waals surface area contributed by atoms with Crippen LogP contribution in [0.15, 0.2) is 30.3 Å². The van der Waals surface area contributed by atoms with Crippen LogP contribution in [0.2, 0.25) is 0 Å². The first-order chi connectivity index (χ1) is 7.04. The average Bonchev–Trinajstić information content (AvgIpc) is 2.27. The molecule has 2 N–H and O–H groups in total. The van der Waals surface area contributed by atoms with Crippen molar-refractivity contribution in [1.82, 2.24) is 0 Å². The molecule has 0 fully saturated rings. The zero-order chi connectivity index (χ0) is 11.4. The minimum Gasteiger partial charge on any atom is -0.392 e. The maximum Gasteiger partial charge on any atom is 0.0840 e. The van der Waals surface area contributed by atoms with E-state index >= 15 is 0 Å². The van der Waals surface area contributed by atoms with Crippen LogP contribution >= 0.6 is 0 Å². The van der Waals surface area contributed by atoms with Crippen LogP contribution < -0.4 is 0 Å². The molecule has 2 heteroatoms. The number of rotatable bonds is 4. The normalized spacial score (nSPS) is 17.5. The van der Waals surface area contributed by atoms with E-state index in [2.05, 4.69) is 0 Å². The average molecular weight is 208 g/mol. The third-order valence-corrected chi connectivity index (χ3v) is 2.86. The third-order valence-electron chi connectivity index (χ3n) is 2.86. The number of hydrogen-bond donors (Lipinski definition) is 2. The molecule has 0 aliphatic heterocycles. The summed E-state index contributed by atoms with van der Waals surface area (Å²) in [6.07, 6.45) is -1.07. The third kappa shape index (κ3) is 3.05. The van der Waals surface area contributed by atoms with Crippen LogP contribution in [0.1, 0.15) is 32.4 Å². The molecule has 1 aromatic rings. The highest BCUT2D eigenvalue weighted by atomic mass is 16.3. The maximum absolute atomic E-state index is 10.0. The summed E-state index contributed by atoms with van der Waals surface area (Å²) >= 11 is 0. The SMILES string of the molecule is CC(C)[C@H](O)[C@H](C)[C@H](O)c1ccccc1. The second kappa shape index (κ2) is 5.29. The lowest BCUT2D eigenvalue weighted by molar-refractivity contribution is -0.00309. The summed E-state index contributed by atoms with van der Waals surface area (Å²) in [6, 6.07) is 9.47. The van der Waals surface area contributed by atoms with E-state index < -0.39 is 12.2 Å². The van der Waals surface area contributed by atoms with E-state index in [0.717, 1.165) is 5.56 Å². The van der Waals surface area contributed by atoms with Gasteiger partial charge in [-0.25, -0.2) is 0 Å². The van der Waals surface area contributed by atoms with Crippen molar-refractivity contribution in [3.63, 3.8) is 0 Å². The van der Waals surface area contributed by atoms with Gasteiger partial charge in [0.05, 0.1) is 12.2 Å². The van der Waals surface area contributed by atoms with Gasteiger partial charge in [0, 0.05) is 5.92 Å². The Morgan fingerprint density at radius 3 is 1.93 bits per heavy atom. The van der Waals surface area contributed by atoms with Gasteiger partial charge >= 0.3 is 0 Å². The van der Waals surface area contributed by atoms with Crippen LogP contribution in [0, 0.1) is 11.8 Å². The van der Waals surface area contributed by atoms with Gasteiger partial charge in [-0.05, 0) is 11.5 Å². The lowest BCUT2D eigenvalue weighted by Gasteiger charge is -2.26. The highest BCUT2D eigenvalue weighted by Gasteiger charge is 2.25. The lowest BCUT2D eigenvalue weighted by atomic mass is 9.87. The Balaban J connectivity index is 2.73. The fraction of sp³-hybridized carbons (Fsp3) is 0.538. The van der Waals surface area contributed by atoms with Gasteiger partial charge in [0.2, 0.25) is 0 Å². The van der Waals surface area contributed by atoms with Crippen LogP contribution in [-0.2, 0) is 0 Å². The summed E-state index contributed by atoms with van der Waals surface area (Å²) in [5.74, 6) is 0.0192. The molecule has 0 aliphatic carbocycles. The van der Waals surface area contributed by atoms with Crippen molar-refractivity contribution in [3.8, 4) is 0 Å². The fourth-order valence-electron chi connectivity index (χ4n) is 1.75. The summed E-state index contributed by atoms with van der Waals surface area (Å²) in [5, 5.41) is 19.9. The first-order valence-corrected chi connectivity index (χ1v) is 5.45. The minimum atomic E-state index is -0.594. The summed E-state index contributed by atoms with van der Waals surface area (Å²) in [5.41, 5.74) is 0.865. The van der Waals surface area contributed by atoms with Gasteiger partial charge < -0.3 is 10.2 Å². The Morgan fingerprint density at radius 2 is 1.47 bits per heavy atom. The number of hydrogen-bond acceptors (Lipinski definition) is 2. The summed E-state index contributed by atoms with van der Waals surface area (Å²) in [6.45, 7) is 5.79. The molecular formula is C13H20O2. The first-order valence-electron chi connectivity index (χ1n) is 5.45. The smallest absolute Gasteiger partial charge is 0.0840 e. The van der Waals surface area contributed by atoms with Gasteiger partial charge in [-0.3, -0.25) is 0 Å². The second-order valence-corrected chi connectivity index (χ2v) is 4.45. The predicted molar refractivity (Wildman–Crippen MR) is 61.4 cm³/mol. The topological polar surface area (TPSA) is 40.5 Å². The predicted octanol–water partition coefficient (Wildman–Crippen LogP) is 2.37. The quantitative estimate of drug-likeness (QED) is 0.797. The molecule has 0 spiro atoms. The van der Waals surface area contributed by atoms with Crippen LogP contribution in [0.4, 0.5) is 0 Å². The van der Waals surface area contributed by atoms with Crippen molar-refractivity contribution in [2.45, 2.75) is 33.0 Å². The highest BCUT2D eigenvalue weighted by molar-refractivity contribution is 5.18. The first kappa shape index (κ1) is 12.2. The van der Waals surface area contributed by atoms with Crippen LogP contribution in [0.5, 0.6) is 0 Å². The number of aliphatic hydroxyl groups excluding tert-OH is 2. The molecule has 15 heavy (non-hydrogen) atoms. The van der Waals surface area contributed by atoms with Crippen molar-refractivity contribution < 1.29 is 10.2 Å². The van der Waals surface area contributed by atoms with Gasteiger partial charge in [-0.1, -0.05) is 51.1 Å². The molecule has 0 saturated carbocycles. The Morgan fingerprint density at radius 1 is 0.933 bits per heavy atom.